The van der Waals surface area contributed by atoms with E-state index in [-0.39, 0.29) is 12.5 Å². The fourth-order valence-electron chi connectivity index (χ4n) is 0.662. The predicted molar refractivity (Wildman–Crippen MR) is 41.8 cm³/mol. The standard InChI is InChI=1S/C7H15F3N2/c1-6(4-11)5-12-3-2-7(8,9)10/h6,12H,2-5,11H2,1H3. The van der Waals surface area contributed by atoms with Crippen molar-refractivity contribution >= 4 is 0 Å². The number of alkyl halides is 3. The molecule has 0 heterocycles. The Hall–Kier alpha value is -0.290. The maximum Gasteiger partial charge on any atom is 0.390 e. The minimum Gasteiger partial charge on any atom is -0.330 e. The second-order valence-electron chi connectivity index (χ2n) is 2.91. The van der Waals surface area contributed by atoms with Crippen molar-refractivity contribution in [2.75, 3.05) is 19.6 Å². The van der Waals surface area contributed by atoms with E-state index in [9.17, 15) is 13.2 Å². The van der Waals surface area contributed by atoms with Gasteiger partial charge in [0.25, 0.3) is 0 Å². The summed E-state index contributed by atoms with van der Waals surface area (Å²) in [5.41, 5.74) is 5.28. The molecule has 12 heavy (non-hydrogen) atoms. The molecule has 2 nitrogen and oxygen atoms in total. The third-order valence-electron chi connectivity index (χ3n) is 1.48. The molecule has 5 heteroatoms. The minimum absolute atomic E-state index is 0.0200. The highest BCUT2D eigenvalue weighted by Gasteiger charge is 2.25. The van der Waals surface area contributed by atoms with Gasteiger partial charge in [-0.2, -0.15) is 13.2 Å². The lowest BCUT2D eigenvalue weighted by Gasteiger charge is -2.10. The molecule has 0 spiro atoms. The molecule has 0 aromatic rings. The lowest BCUT2D eigenvalue weighted by Crippen LogP contribution is -2.29. The van der Waals surface area contributed by atoms with Crippen LogP contribution in [0.2, 0.25) is 0 Å². The van der Waals surface area contributed by atoms with E-state index in [2.05, 4.69) is 5.32 Å². The van der Waals surface area contributed by atoms with E-state index in [1.54, 1.807) is 0 Å². The fraction of sp³-hybridized carbons (Fsp3) is 1.00. The van der Waals surface area contributed by atoms with Crippen molar-refractivity contribution in [3.05, 3.63) is 0 Å². The largest absolute Gasteiger partial charge is 0.390 e. The average Bonchev–Trinajstić information content (AvgIpc) is 1.96. The van der Waals surface area contributed by atoms with Crippen LogP contribution in [0, 0.1) is 5.92 Å². The van der Waals surface area contributed by atoms with E-state index in [4.69, 9.17) is 5.73 Å². The molecular weight excluding hydrogens is 169 g/mol. The monoisotopic (exact) mass is 184 g/mol. The summed E-state index contributed by atoms with van der Waals surface area (Å²) in [4.78, 5) is 0. The Morgan fingerprint density at radius 2 is 2.00 bits per heavy atom. The van der Waals surface area contributed by atoms with Gasteiger partial charge in [-0.25, -0.2) is 0 Å². The summed E-state index contributed by atoms with van der Waals surface area (Å²) in [5.74, 6) is 0.234. The van der Waals surface area contributed by atoms with Crippen molar-refractivity contribution in [1.82, 2.24) is 5.32 Å². The van der Waals surface area contributed by atoms with Gasteiger partial charge in [-0.3, -0.25) is 0 Å². The van der Waals surface area contributed by atoms with Gasteiger partial charge in [-0.1, -0.05) is 6.92 Å². The SMILES string of the molecule is CC(CN)CNCCC(F)(F)F. The Morgan fingerprint density at radius 1 is 1.42 bits per heavy atom. The van der Waals surface area contributed by atoms with Gasteiger partial charge in [0.1, 0.15) is 0 Å². The molecule has 74 valence electrons. The van der Waals surface area contributed by atoms with Gasteiger partial charge in [0.15, 0.2) is 0 Å². The Morgan fingerprint density at radius 3 is 2.42 bits per heavy atom. The molecule has 0 saturated heterocycles. The topological polar surface area (TPSA) is 38.0 Å². The maximum absolute atomic E-state index is 11.6. The lowest BCUT2D eigenvalue weighted by atomic mass is 10.2. The summed E-state index contributed by atoms with van der Waals surface area (Å²) in [6.07, 6.45) is -4.83. The minimum atomic E-state index is -4.06. The first kappa shape index (κ1) is 11.7. The summed E-state index contributed by atoms with van der Waals surface area (Å²) in [7, 11) is 0. The zero-order valence-electron chi connectivity index (χ0n) is 7.12. The smallest absolute Gasteiger partial charge is 0.330 e. The van der Waals surface area contributed by atoms with Crippen LogP contribution in [0.4, 0.5) is 13.2 Å². The summed E-state index contributed by atoms with van der Waals surface area (Å²) < 4.78 is 34.8. The second kappa shape index (κ2) is 5.37. The summed E-state index contributed by atoms with van der Waals surface area (Å²) in [6.45, 7) is 2.92. The molecule has 0 amide bonds. The molecule has 0 saturated carbocycles. The number of hydrogen-bond donors (Lipinski definition) is 2. The molecule has 0 radical (unpaired) electrons. The highest BCUT2D eigenvalue weighted by atomic mass is 19.4. The van der Waals surface area contributed by atoms with Crippen LogP contribution in [0.3, 0.4) is 0 Å². The van der Waals surface area contributed by atoms with Gasteiger partial charge in [-0.05, 0) is 19.0 Å². The van der Waals surface area contributed by atoms with Crippen molar-refractivity contribution in [2.45, 2.75) is 19.5 Å². The molecule has 0 fully saturated rings. The third kappa shape index (κ3) is 7.81. The molecule has 3 N–H and O–H groups in total. The third-order valence-corrected chi connectivity index (χ3v) is 1.48. The first-order valence-corrected chi connectivity index (χ1v) is 3.93. The fourth-order valence-corrected chi connectivity index (χ4v) is 0.662. The molecule has 0 rings (SSSR count). The average molecular weight is 184 g/mol. The summed E-state index contributed by atoms with van der Waals surface area (Å²) in [5, 5.41) is 2.69. The number of nitrogens with one attached hydrogen (secondary N) is 1. The Balaban J connectivity index is 3.22. The first-order valence-electron chi connectivity index (χ1n) is 3.93. The molecule has 1 unspecified atom stereocenters. The van der Waals surface area contributed by atoms with Crippen LogP contribution in [0.15, 0.2) is 0 Å². The normalized spacial score (nSPS) is 14.8. The van der Waals surface area contributed by atoms with Crippen LogP contribution in [0.1, 0.15) is 13.3 Å². The quantitative estimate of drug-likeness (QED) is 0.628. The number of hydrogen-bond acceptors (Lipinski definition) is 2. The van der Waals surface area contributed by atoms with Crippen molar-refractivity contribution in [1.29, 1.82) is 0 Å². The van der Waals surface area contributed by atoms with Crippen LogP contribution in [0.25, 0.3) is 0 Å². The Bertz CT molecular complexity index is 114. The van der Waals surface area contributed by atoms with E-state index in [0.717, 1.165) is 0 Å². The van der Waals surface area contributed by atoms with Gasteiger partial charge in [0.05, 0.1) is 6.42 Å². The molecule has 0 aliphatic carbocycles. The summed E-state index contributed by atoms with van der Waals surface area (Å²) in [6, 6.07) is 0. The van der Waals surface area contributed by atoms with Crippen molar-refractivity contribution < 1.29 is 13.2 Å². The van der Waals surface area contributed by atoms with Gasteiger partial charge < -0.3 is 11.1 Å². The zero-order valence-corrected chi connectivity index (χ0v) is 7.12. The predicted octanol–water partition coefficient (Wildman–Crippen LogP) is 1.12. The zero-order chi connectivity index (χ0) is 9.61. The van der Waals surface area contributed by atoms with Gasteiger partial charge >= 0.3 is 6.18 Å². The van der Waals surface area contributed by atoms with Crippen LogP contribution < -0.4 is 11.1 Å². The van der Waals surface area contributed by atoms with E-state index >= 15 is 0 Å². The van der Waals surface area contributed by atoms with Gasteiger partial charge in [0, 0.05) is 6.54 Å². The van der Waals surface area contributed by atoms with Crippen LogP contribution in [0.5, 0.6) is 0 Å². The molecule has 0 bridgehead atoms. The van der Waals surface area contributed by atoms with E-state index < -0.39 is 12.6 Å². The molecule has 0 aromatic carbocycles. The highest BCUT2D eigenvalue weighted by Crippen LogP contribution is 2.17. The van der Waals surface area contributed by atoms with Crippen LogP contribution in [-0.4, -0.2) is 25.8 Å². The lowest BCUT2D eigenvalue weighted by molar-refractivity contribution is -0.133. The van der Waals surface area contributed by atoms with Crippen molar-refractivity contribution in [3.63, 3.8) is 0 Å². The first-order chi connectivity index (χ1) is 5.45. The van der Waals surface area contributed by atoms with Crippen LogP contribution in [-0.2, 0) is 0 Å². The molecule has 1 atom stereocenters. The van der Waals surface area contributed by atoms with Crippen LogP contribution >= 0.6 is 0 Å². The molecule has 0 aliphatic rings. The van der Waals surface area contributed by atoms with Crippen molar-refractivity contribution in [2.24, 2.45) is 11.7 Å². The van der Waals surface area contributed by atoms with E-state index in [1.807, 2.05) is 6.92 Å². The van der Waals surface area contributed by atoms with Gasteiger partial charge in [0.2, 0.25) is 0 Å². The number of nitrogens with two attached hydrogens (primary N) is 1. The summed E-state index contributed by atoms with van der Waals surface area (Å²) >= 11 is 0. The van der Waals surface area contributed by atoms with E-state index in [1.165, 1.54) is 0 Å². The molecular formula is C7H15F3N2. The number of halogens is 3. The Kier molecular flexibility index (Phi) is 5.24. The Labute approximate surface area is 70.3 Å². The maximum atomic E-state index is 11.6. The van der Waals surface area contributed by atoms with Gasteiger partial charge in [-0.15, -0.1) is 0 Å². The van der Waals surface area contributed by atoms with E-state index in [0.29, 0.717) is 13.1 Å². The number of rotatable bonds is 5. The van der Waals surface area contributed by atoms with Crippen molar-refractivity contribution in [3.8, 4) is 0 Å². The highest BCUT2D eigenvalue weighted by molar-refractivity contribution is 4.59. The molecule has 0 aromatic heterocycles. The second-order valence-corrected chi connectivity index (χ2v) is 2.91. The molecule has 0 aliphatic heterocycles.